The van der Waals surface area contributed by atoms with Crippen LogP contribution in [0.2, 0.25) is 0 Å². The maximum Gasteiger partial charge on any atom is 0.253 e. The highest BCUT2D eigenvalue weighted by Crippen LogP contribution is 2.25. The summed E-state index contributed by atoms with van der Waals surface area (Å²) in [4.78, 5) is 14.1. The maximum atomic E-state index is 12.3. The van der Waals surface area contributed by atoms with E-state index in [0.29, 0.717) is 0 Å². The van der Waals surface area contributed by atoms with Crippen LogP contribution in [-0.2, 0) is 0 Å². The second-order valence-electron chi connectivity index (χ2n) is 4.48. The Hall–Kier alpha value is -2.03. The molecule has 19 heavy (non-hydrogen) atoms. The topological polar surface area (TPSA) is 33.5 Å². The second-order valence-corrected chi connectivity index (χ2v) is 4.48. The van der Waals surface area contributed by atoms with E-state index in [0.717, 1.165) is 35.5 Å². The van der Waals surface area contributed by atoms with Crippen LogP contribution in [0.1, 0.15) is 29.8 Å². The first kappa shape index (κ1) is 13.4. The lowest BCUT2D eigenvalue weighted by atomic mass is 10.0. The third-order valence-electron chi connectivity index (χ3n) is 3.31. The summed E-state index contributed by atoms with van der Waals surface area (Å²) in [5.41, 5.74) is 2.81. The molecule has 0 N–H and O–H groups in total. The molecule has 0 saturated heterocycles. The van der Waals surface area contributed by atoms with Crippen molar-refractivity contribution in [1.82, 2.24) is 4.90 Å². The molecule has 0 bridgehead atoms. The molecule has 0 aliphatic rings. The van der Waals surface area contributed by atoms with E-state index >= 15 is 0 Å². The number of aryl methyl sites for hydroxylation is 1. The van der Waals surface area contributed by atoms with Gasteiger partial charge in [0.15, 0.2) is 0 Å². The Morgan fingerprint density at radius 1 is 1.21 bits per heavy atom. The van der Waals surface area contributed by atoms with Gasteiger partial charge in [0.2, 0.25) is 0 Å². The van der Waals surface area contributed by atoms with Crippen LogP contribution < -0.4 is 0 Å². The monoisotopic (exact) mass is 257 g/mol. The molecule has 0 fully saturated rings. The van der Waals surface area contributed by atoms with Crippen molar-refractivity contribution in [1.29, 1.82) is 0 Å². The fourth-order valence-electron chi connectivity index (χ4n) is 2.20. The van der Waals surface area contributed by atoms with Gasteiger partial charge in [-0.25, -0.2) is 0 Å². The van der Waals surface area contributed by atoms with E-state index in [4.69, 9.17) is 4.42 Å². The number of carbonyl (C=O) groups excluding carboxylic acids is 1. The number of rotatable bonds is 4. The van der Waals surface area contributed by atoms with Crippen molar-refractivity contribution in [3.8, 4) is 11.3 Å². The molecule has 1 aromatic carbocycles. The number of hydrogen-bond donors (Lipinski definition) is 0. The van der Waals surface area contributed by atoms with Crippen LogP contribution in [0.3, 0.4) is 0 Å². The van der Waals surface area contributed by atoms with Gasteiger partial charge in [0.25, 0.3) is 5.91 Å². The Kier molecular flexibility index (Phi) is 4.05. The van der Waals surface area contributed by atoms with Crippen molar-refractivity contribution in [3.63, 3.8) is 0 Å². The molecule has 2 aromatic rings. The Labute approximate surface area is 113 Å². The molecule has 0 aliphatic carbocycles. The van der Waals surface area contributed by atoms with Crippen LogP contribution in [-0.4, -0.2) is 23.9 Å². The molecule has 1 aromatic heterocycles. The van der Waals surface area contributed by atoms with Gasteiger partial charge >= 0.3 is 0 Å². The molecule has 0 spiro atoms. The standard InChI is InChI=1S/C16H19NO2/c1-4-17(5-2)16(18)13-8-9-14(12(3)11-13)15-7-6-10-19-15/h6-11H,4-5H2,1-3H3. The zero-order valence-corrected chi connectivity index (χ0v) is 11.6. The molecule has 0 atom stereocenters. The van der Waals surface area contributed by atoms with E-state index in [-0.39, 0.29) is 5.91 Å². The summed E-state index contributed by atoms with van der Waals surface area (Å²) in [5.74, 6) is 0.915. The third kappa shape index (κ3) is 2.70. The molecule has 1 amide bonds. The van der Waals surface area contributed by atoms with Gasteiger partial charge in [-0.1, -0.05) is 6.07 Å². The SMILES string of the molecule is CCN(CC)C(=O)c1ccc(-c2ccco2)c(C)c1. The summed E-state index contributed by atoms with van der Waals surface area (Å²) in [6.07, 6.45) is 1.66. The van der Waals surface area contributed by atoms with Crippen LogP contribution in [0.4, 0.5) is 0 Å². The lowest BCUT2D eigenvalue weighted by Crippen LogP contribution is -2.30. The van der Waals surface area contributed by atoms with Gasteiger partial charge in [-0.15, -0.1) is 0 Å². The molecule has 0 radical (unpaired) electrons. The molecule has 2 rings (SSSR count). The number of hydrogen-bond acceptors (Lipinski definition) is 2. The fraction of sp³-hybridized carbons (Fsp3) is 0.312. The number of benzene rings is 1. The molecular formula is C16H19NO2. The fourth-order valence-corrected chi connectivity index (χ4v) is 2.20. The summed E-state index contributed by atoms with van der Waals surface area (Å²) < 4.78 is 5.40. The minimum absolute atomic E-state index is 0.0825. The van der Waals surface area contributed by atoms with E-state index in [1.165, 1.54) is 0 Å². The predicted octanol–water partition coefficient (Wildman–Crippen LogP) is 3.74. The third-order valence-corrected chi connectivity index (χ3v) is 3.31. The molecule has 0 saturated carbocycles. The zero-order valence-electron chi connectivity index (χ0n) is 11.6. The molecule has 0 unspecified atom stereocenters. The van der Waals surface area contributed by atoms with E-state index in [1.807, 2.05) is 56.0 Å². The Morgan fingerprint density at radius 2 is 1.95 bits per heavy atom. The summed E-state index contributed by atoms with van der Waals surface area (Å²) in [6.45, 7) is 7.44. The lowest BCUT2D eigenvalue weighted by molar-refractivity contribution is 0.0773. The first-order valence-electron chi connectivity index (χ1n) is 6.61. The first-order chi connectivity index (χ1) is 9.17. The average molecular weight is 257 g/mol. The van der Waals surface area contributed by atoms with Crippen LogP contribution >= 0.6 is 0 Å². The summed E-state index contributed by atoms with van der Waals surface area (Å²) >= 11 is 0. The van der Waals surface area contributed by atoms with Crippen molar-refractivity contribution in [3.05, 3.63) is 47.7 Å². The Balaban J connectivity index is 2.31. The number of furan rings is 1. The number of carbonyl (C=O) groups is 1. The summed E-state index contributed by atoms with van der Waals surface area (Å²) in [5, 5.41) is 0. The van der Waals surface area contributed by atoms with E-state index in [2.05, 4.69) is 0 Å². The highest BCUT2D eigenvalue weighted by Gasteiger charge is 2.14. The van der Waals surface area contributed by atoms with Gasteiger partial charge in [0.1, 0.15) is 5.76 Å². The maximum absolute atomic E-state index is 12.3. The molecule has 0 aliphatic heterocycles. The normalized spacial score (nSPS) is 10.5. The predicted molar refractivity (Wildman–Crippen MR) is 76.1 cm³/mol. The van der Waals surface area contributed by atoms with Crippen LogP contribution in [0, 0.1) is 6.92 Å². The zero-order chi connectivity index (χ0) is 13.8. The van der Waals surface area contributed by atoms with Crippen molar-refractivity contribution in [2.45, 2.75) is 20.8 Å². The minimum atomic E-state index is 0.0825. The van der Waals surface area contributed by atoms with E-state index in [9.17, 15) is 4.79 Å². The smallest absolute Gasteiger partial charge is 0.253 e. The van der Waals surface area contributed by atoms with Crippen molar-refractivity contribution in [2.75, 3.05) is 13.1 Å². The largest absolute Gasteiger partial charge is 0.464 e. The molecule has 1 heterocycles. The highest BCUT2D eigenvalue weighted by atomic mass is 16.3. The number of amides is 1. The van der Waals surface area contributed by atoms with Crippen LogP contribution in [0.15, 0.2) is 41.0 Å². The van der Waals surface area contributed by atoms with Gasteiger partial charge in [0, 0.05) is 24.2 Å². The quantitative estimate of drug-likeness (QED) is 0.836. The van der Waals surface area contributed by atoms with Gasteiger partial charge in [-0.3, -0.25) is 4.79 Å². The van der Waals surface area contributed by atoms with Gasteiger partial charge in [-0.05, 0) is 50.6 Å². The Morgan fingerprint density at radius 3 is 2.47 bits per heavy atom. The van der Waals surface area contributed by atoms with Crippen molar-refractivity contribution >= 4 is 5.91 Å². The average Bonchev–Trinajstić information content (AvgIpc) is 2.93. The van der Waals surface area contributed by atoms with Gasteiger partial charge in [0.05, 0.1) is 6.26 Å². The first-order valence-corrected chi connectivity index (χ1v) is 6.61. The Bertz CT molecular complexity index is 554. The van der Waals surface area contributed by atoms with E-state index in [1.54, 1.807) is 6.26 Å². The summed E-state index contributed by atoms with van der Waals surface area (Å²) in [6, 6.07) is 9.53. The minimum Gasteiger partial charge on any atom is -0.464 e. The lowest BCUT2D eigenvalue weighted by Gasteiger charge is -2.19. The number of nitrogens with zero attached hydrogens (tertiary/aromatic N) is 1. The molecular weight excluding hydrogens is 238 g/mol. The van der Waals surface area contributed by atoms with E-state index < -0.39 is 0 Å². The summed E-state index contributed by atoms with van der Waals surface area (Å²) in [7, 11) is 0. The van der Waals surface area contributed by atoms with Gasteiger partial charge < -0.3 is 9.32 Å². The van der Waals surface area contributed by atoms with Crippen LogP contribution in [0.25, 0.3) is 11.3 Å². The van der Waals surface area contributed by atoms with Crippen LogP contribution in [0.5, 0.6) is 0 Å². The van der Waals surface area contributed by atoms with Gasteiger partial charge in [-0.2, -0.15) is 0 Å². The molecule has 3 heteroatoms. The highest BCUT2D eigenvalue weighted by molar-refractivity contribution is 5.95. The molecule has 100 valence electrons. The molecule has 3 nitrogen and oxygen atoms in total. The van der Waals surface area contributed by atoms with Crippen molar-refractivity contribution < 1.29 is 9.21 Å². The second kappa shape index (κ2) is 5.74. The van der Waals surface area contributed by atoms with Crippen molar-refractivity contribution in [2.24, 2.45) is 0 Å².